The molecule has 0 saturated heterocycles. The van der Waals surface area contributed by atoms with Gasteiger partial charge in [-0.2, -0.15) is 0 Å². The Labute approximate surface area is 111 Å². The van der Waals surface area contributed by atoms with Crippen molar-refractivity contribution in [1.82, 2.24) is 5.32 Å². The number of aryl methyl sites for hydroxylation is 1. The molecule has 1 unspecified atom stereocenters. The fraction of sp³-hybridized carbons (Fsp3) is 0.625. The lowest BCUT2D eigenvalue weighted by atomic mass is 9.98. The van der Waals surface area contributed by atoms with Crippen molar-refractivity contribution in [3.8, 4) is 0 Å². The highest BCUT2D eigenvalue weighted by molar-refractivity contribution is 5.26. The van der Waals surface area contributed by atoms with Gasteiger partial charge in [-0.05, 0) is 49.6 Å². The highest BCUT2D eigenvalue weighted by Crippen LogP contribution is 2.22. The highest BCUT2D eigenvalue weighted by atomic mass is 19.1. The van der Waals surface area contributed by atoms with Gasteiger partial charge in [0, 0.05) is 6.04 Å². The molecule has 1 N–H and O–H groups in total. The monoisotopic (exact) mass is 251 g/mol. The van der Waals surface area contributed by atoms with Crippen LogP contribution in [-0.4, -0.2) is 6.54 Å². The van der Waals surface area contributed by atoms with Gasteiger partial charge in [-0.3, -0.25) is 0 Å². The van der Waals surface area contributed by atoms with Crippen LogP contribution >= 0.6 is 0 Å². The molecule has 1 atom stereocenters. The van der Waals surface area contributed by atoms with Crippen molar-refractivity contribution in [3.05, 3.63) is 35.1 Å². The average molecular weight is 251 g/mol. The van der Waals surface area contributed by atoms with E-state index in [-0.39, 0.29) is 5.82 Å². The lowest BCUT2D eigenvalue weighted by Crippen LogP contribution is -2.22. The van der Waals surface area contributed by atoms with Crippen LogP contribution in [-0.2, 0) is 0 Å². The van der Waals surface area contributed by atoms with Crippen LogP contribution < -0.4 is 5.32 Å². The van der Waals surface area contributed by atoms with Crippen molar-refractivity contribution in [2.24, 2.45) is 0 Å². The fourth-order valence-electron chi connectivity index (χ4n) is 2.27. The van der Waals surface area contributed by atoms with Gasteiger partial charge in [-0.25, -0.2) is 4.39 Å². The molecule has 0 aliphatic carbocycles. The van der Waals surface area contributed by atoms with Crippen molar-refractivity contribution in [2.75, 3.05) is 6.54 Å². The van der Waals surface area contributed by atoms with Gasteiger partial charge in [0.2, 0.25) is 0 Å². The minimum absolute atomic E-state index is 0.121. The maximum absolute atomic E-state index is 13.5. The first-order chi connectivity index (χ1) is 8.67. The number of unbranched alkanes of at least 4 members (excludes halogenated alkanes) is 2. The number of hydrogen-bond donors (Lipinski definition) is 1. The third-order valence-corrected chi connectivity index (χ3v) is 3.20. The molecule has 0 amide bonds. The van der Waals surface area contributed by atoms with Crippen molar-refractivity contribution in [3.63, 3.8) is 0 Å². The van der Waals surface area contributed by atoms with E-state index in [2.05, 4.69) is 25.2 Å². The SMILES string of the molecule is CCCCCC(NCCC)c1cc(C)cc(F)c1. The molecule has 0 heterocycles. The van der Waals surface area contributed by atoms with Crippen LogP contribution in [0.2, 0.25) is 0 Å². The summed E-state index contributed by atoms with van der Waals surface area (Å²) < 4.78 is 13.5. The zero-order valence-electron chi connectivity index (χ0n) is 11.9. The lowest BCUT2D eigenvalue weighted by Gasteiger charge is -2.19. The molecule has 0 fully saturated rings. The van der Waals surface area contributed by atoms with Gasteiger partial charge in [-0.1, -0.05) is 39.2 Å². The summed E-state index contributed by atoms with van der Waals surface area (Å²) in [5, 5.41) is 3.53. The van der Waals surface area contributed by atoms with Crippen molar-refractivity contribution < 1.29 is 4.39 Å². The first kappa shape index (κ1) is 15.2. The Morgan fingerprint density at radius 1 is 1.11 bits per heavy atom. The Morgan fingerprint density at radius 2 is 1.89 bits per heavy atom. The topological polar surface area (TPSA) is 12.0 Å². The highest BCUT2D eigenvalue weighted by Gasteiger charge is 2.11. The second-order valence-corrected chi connectivity index (χ2v) is 5.06. The smallest absolute Gasteiger partial charge is 0.123 e. The predicted molar refractivity (Wildman–Crippen MR) is 76.3 cm³/mol. The summed E-state index contributed by atoms with van der Waals surface area (Å²) in [6.07, 6.45) is 5.88. The van der Waals surface area contributed by atoms with Crippen molar-refractivity contribution in [1.29, 1.82) is 0 Å². The Balaban J connectivity index is 2.72. The third kappa shape index (κ3) is 5.18. The molecule has 0 spiro atoms. The summed E-state index contributed by atoms with van der Waals surface area (Å²) in [4.78, 5) is 0. The molecule has 2 heteroatoms. The predicted octanol–water partition coefficient (Wildman–Crippen LogP) is 4.76. The number of nitrogens with one attached hydrogen (secondary N) is 1. The normalized spacial score (nSPS) is 12.7. The molecule has 0 aliphatic rings. The Hall–Kier alpha value is -0.890. The van der Waals surface area contributed by atoms with E-state index in [1.54, 1.807) is 12.1 Å². The quantitative estimate of drug-likeness (QED) is 0.657. The molecule has 0 saturated carbocycles. The van der Waals surface area contributed by atoms with E-state index in [1.807, 2.05) is 6.92 Å². The zero-order valence-corrected chi connectivity index (χ0v) is 11.9. The molecule has 1 rings (SSSR count). The largest absolute Gasteiger partial charge is 0.310 e. The van der Waals surface area contributed by atoms with Crippen LogP contribution in [0.25, 0.3) is 0 Å². The van der Waals surface area contributed by atoms with Crippen LogP contribution in [0.4, 0.5) is 4.39 Å². The van der Waals surface area contributed by atoms with E-state index in [0.29, 0.717) is 6.04 Å². The molecular weight excluding hydrogens is 225 g/mol. The van der Waals surface area contributed by atoms with E-state index in [0.717, 1.165) is 30.5 Å². The molecule has 1 aromatic rings. The average Bonchev–Trinajstić information content (AvgIpc) is 2.32. The second-order valence-electron chi connectivity index (χ2n) is 5.06. The van der Waals surface area contributed by atoms with Crippen molar-refractivity contribution >= 4 is 0 Å². The van der Waals surface area contributed by atoms with Gasteiger partial charge >= 0.3 is 0 Å². The first-order valence-corrected chi connectivity index (χ1v) is 7.17. The van der Waals surface area contributed by atoms with E-state index in [9.17, 15) is 4.39 Å². The molecule has 1 aromatic carbocycles. The van der Waals surface area contributed by atoms with Gasteiger partial charge in [-0.15, -0.1) is 0 Å². The number of halogens is 1. The van der Waals surface area contributed by atoms with E-state index < -0.39 is 0 Å². The minimum Gasteiger partial charge on any atom is -0.310 e. The summed E-state index contributed by atoms with van der Waals surface area (Å²) in [7, 11) is 0. The molecule has 102 valence electrons. The van der Waals surface area contributed by atoms with Gasteiger partial charge < -0.3 is 5.32 Å². The summed E-state index contributed by atoms with van der Waals surface area (Å²) in [5.41, 5.74) is 2.10. The fourth-order valence-corrected chi connectivity index (χ4v) is 2.27. The Bertz CT molecular complexity index is 329. The third-order valence-electron chi connectivity index (χ3n) is 3.20. The van der Waals surface area contributed by atoms with Crippen LogP contribution in [0.3, 0.4) is 0 Å². The Morgan fingerprint density at radius 3 is 2.50 bits per heavy atom. The molecule has 0 radical (unpaired) electrons. The summed E-state index contributed by atoms with van der Waals surface area (Å²) >= 11 is 0. The summed E-state index contributed by atoms with van der Waals surface area (Å²) in [6, 6.07) is 5.66. The number of benzene rings is 1. The van der Waals surface area contributed by atoms with E-state index in [1.165, 1.54) is 19.3 Å². The summed E-state index contributed by atoms with van der Waals surface area (Å²) in [6.45, 7) is 7.32. The van der Waals surface area contributed by atoms with Gasteiger partial charge in [0.05, 0.1) is 0 Å². The van der Waals surface area contributed by atoms with E-state index in [4.69, 9.17) is 0 Å². The van der Waals surface area contributed by atoms with Crippen molar-refractivity contribution in [2.45, 2.75) is 58.9 Å². The number of hydrogen-bond acceptors (Lipinski definition) is 1. The van der Waals surface area contributed by atoms with Crippen LogP contribution in [0, 0.1) is 12.7 Å². The standard InChI is InChI=1S/C16H26FN/c1-4-6-7-8-16(18-9-5-2)14-10-13(3)11-15(17)12-14/h10-12,16,18H,4-9H2,1-3H3. The first-order valence-electron chi connectivity index (χ1n) is 7.17. The van der Waals surface area contributed by atoms with Gasteiger partial charge in [0.15, 0.2) is 0 Å². The molecule has 18 heavy (non-hydrogen) atoms. The molecule has 1 nitrogen and oxygen atoms in total. The maximum atomic E-state index is 13.5. The second kappa shape index (κ2) is 8.25. The minimum atomic E-state index is -0.121. The van der Waals surface area contributed by atoms with E-state index >= 15 is 0 Å². The maximum Gasteiger partial charge on any atom is 0.123 e. The number of rotatable bonds is 8. The molecule has 0 aliphatic heterocycles. The van der Waals surface area contributed by atoms with Crippen LogP contribution in [0.15, 0.2) is 18.2 Å². The van der Waals surface area contributed by atoms with Gasteiger partial charge in [0.25, 0.3) is 0 Å². The molecule has 0 bridgehead atoms. The lowest BCUT2D eigenvalue weighted by molar-refractivity contribution is 0.471. The van der Waals surface area contributed by atoms with Crippen LogP contribution in [0.5, 0.6) is 0 Å². The molecule has 0 aromatic heterocycles. The van der Waals surface area contributed by atoms with Gasteiger partial charge in [0.1, 0.15) is 5.82 Å². The Kier molecular flexibility index (Phi) is 6.96. The zero-order chi connectivity index (χ0) is 13.4. The molecular formula is C16H26FN. The van der Waals surface area contributed by atoms with Crippen LogP contribution in [0.1, 0.15) is 63.1 Å². The summed E-state index contributed by atoms with van der Waals surface area (Å²) in [5.74, 6) is -0.121.